The third kappa shape index (κ3) is 10.7. The highest BCUT2D eigenvalue weighted by atomic mass is 16.2. The monoisotopic (exact) mass is 340 g/mol. The molecule has 0 aromatic heterocycles. The van der Waals surface area contributed by atoms with Crippen LogP contribution in [0.25, 0.3) is 0 Å². The molecule has 0 aromatic rings. The molecule has 0 fully saturated rings. The third-order valence-corrected chi connectivity index (χ3v) is 4.85. The van der Waals surface area contributed by atoms with Crippen LogP contribution in [-0.4, -0.2) is 11.8 Å². The summed E-state index contributed by atoms with van der Waals surface area (Å²) in [7, 11) is 0. The Labute approximate surface area is 149 Å². The Bertz CT molecular complexity index is 370. The normalized spacial score (nSPS) is 12.6. The van der Waals surface area contributed by atoms with Gasteiger partial charge in [0, 0.05) is 0 Å². The van der Waals surface area contributed by atoms with Crippen molar-refractivity contribution in [3.8, 4) is 0 Å². The molecule has 24 heavy (non-hydrogen) atoms. The van der Waals surface area contributed by atoms with Crippen molar-refractivity contribution in [2.75, 3.05) is 0 Å². The van der Waals surface area contributed by atoms with Crippen LogP contribution in [-0.2, 0) is 9.59 Å². The predicted octanol–water partition coefficient (Wildman–Crippen LogP) is 4.55. The maximum absolute atomic E-state index is 11.4. The summed E-state index contributed by atoms with van der Waals surface area (Å²) in [6, 6.07) is 0. The molecule has 0 saturated carbocycles. The minimum Gasteiger partial charge on any atom is -0.369 e. The summed E-state index contributed by atoms with van der Waals surface area (Å²) in [4.78, 5) is 22.9. The lowest BCUT2D eigenvalue weighted by molar-refractivity contribution is -0.136. The van der Waals surface area contributed by atoms with Crippen molar-refractivity contribution in [3.05, 3.63) is 0 Å². The number of amides is 2. The van der Waals surface area contributed by atoms with Crippen LogP contribution in [0.2, 0.25) is 0 Å². The Hall–Kier alpha value is -1.06. The second kappa shape index (κ2) is 10.7. The molecule has 0 spiro atoms. The van der Waals surface area contributed by atoms with E-state index in [9.17, 15) is 9.59 Å². The Morgan fingerprint density at radius 3 is 1.33 bits per heavy atom. The molecule has 2 amide bonds. The summed E-state index contributed by atoms with van der Waals surface area (Å²) >= 11 is 0. The van der Waals surface area contributed by atoms with Crippen LogP contribution in [0.15, 0.2) is 0 Å². The molecule has 0 aromatic carbocycles. The fourth-order valence-electron chi connectivity index (χ4n) is 3.35. The van der Waals surface area contributed by atoms with Gasteiger partial charge >= 0.3 is 0 Å². The molecule has 0 saturated heterocycles. The van der Waals surface area contributed by atoms with Gasteiger partial charge in [0.25, 0.3) is 0 Å². The van der Waals surface area contributed by atoms with Crippen LogP contribution < -0.4 is 11.5 Å². The number of nitrogens with two attached hydrogens (primary N) is 2. The van der Waals surface area contributed by atoms with Crippen molar-refractivity contribution >= 4 is 11.8 Å². The van der Waals surface area contributed by atoms with E-state index < -0.39 is 23.1 Å². The summed E-state index contributed by atoms with van der Waals surface area (Å²) in [6.45, 7) is 10.7. The molecule has 142 valence electrons. The van der Waals surface area contributed by atoms with Crippen LogP contribution in [0.5, 0.6) is 0 Å². The van der Waals surface area contributed by atoms with Gasteiger partial charge in [-0.15, -0.1) is 0 Å². The van der Waals surface area contributed by atoms with Crippen molar-refractivity contribution in [2.45, 2.75) is 98.8 Å². The Kier molecular flexibility index (Phi) is 10.3. The van der Waals surface area contributed by atoms with E-state index in [0.29, 0.717) is 5.41 Å². The first kappa shape index (κ1) is 22.9. The van der Waals surface area contributed by atoms with Gasteiger partial charge in [-0.3, -0.25) is 9.59 Å². The van der Waals surface area contributed by atoms with E-state index in [1.54, 1.807) is 0 Å². The summed E-state index contributed by atoms with van der Waals surface area (Å²) < 4.78 is 0. The molecule has 4 N–H and O–H groups in total. The third-order valence-electron chi connectivity index (χ3n) is 4.85. The SMILES string of the molecule is CC(C)(C)CCCCCCCCCCC(C)(C)C(C(N)=O)C(N)=O. The summed E-state index contributed by atoms with van der Waals surface area (Å²) in [6.07, 6.45) is 12.0. The van der Waals surface area contributed by atoms with E-state index in [1.807, 2.05) is 13.8 Å². The highest BCUT2D eigenvalue weighted by Gasteiger charge is 2.37. The zero-order chi connectivity index (χ0) is 18.8. The molecule has 0 aliphatic carbocycles. The molecule has 4 nitrogen and oxygen atoms in total. The molecule has 0 aliphatic heterocycles. The number of carbonyl (C=O) groups is 2. The molecule has 0 atom stereocenters. The van der Waals surface area contributed by atoms with E-state index in [-0.39, 0.29) is 0 Å². The lowest BCUT2D eigenvalue weighted by Gasteiger charge is -2.30. The van der Waals surface area contributed by atoms with Crippen LogP contribution in [0.3, 0.4) is 0 Å². The Morgan fingerprint density at radius 1 is 0.667 bits per heavy atom. The van der Waals surface area contributed by atoms with Gasteiger partial charge in [-0.1, -0.05) is 86.0 Å². The maximum atomic E-state index is 11.4. The van der Waals surface area contributed by atoms with Crippen molar-refractivity contribution in [1.29, 1.82) is 0 Å². The second-order valence-corrected chi connectivity index (χ2v) is 9.12. The highest BCUT2D eigenvalue weighted by molar-refractivity contribution is 5.99. The lowest BCUT2D eigenvalue weighted by atomic mass is 9.74. The van der Waals surface area contributed by atoms with Crippen LogP contribution in [0.1, 0.15) is 98.8 Å². The minimum absolute atomic E-state index is 0.454. The minimum atomic E-state index is -0.875. The number of carbonyl (C=O) groups excluding carboxylic acids is 2. The van der Waals surface area contributed by atoms with Gasteiger partial charge in [0.15, 0.2) is 0 Å². The van der Waals surface area contributed by atoms with Gasteiger partial charge in [-0.05, 0) is 23.7 Å². The smallest absolute Gasteiger partial charge is 0.230 e. The maximum Gasteiger partial charge on any atom is 0.230 e. The molecule has 0 radical (unpaired) electrons. The number of unbranched alkanes of at least 4 members (excludes halogenated alkanes) is 7. The highest BCUT2D eigenvalue weighted by Crippen LogP contribution is 2.33. The predicted molar refractivity (Wildman–Crippen MR) is 101 cm³/mol. The van der Waals surface area contributed by atoms with Crippen LogP contribution in [0, 0.1) is 16.7 Å². The summed E-state index contributed by atoms with van der Waals surface area (Å²) in [5.74, 6) is -2.09. The topological polar surface area (TPSA) is 86.2 Å². The standard InChI is InChI=1S/C20H40N2O2/c1-19(2,3)14-12-10-8-6-7-9-11-13-15-20(4,5)16(17(21)23)18(22)24/h16H,6-15H2,1-5H3,(H2,21,23)(H2,22,24). The average molecular weight is 341 g/mol. The van der Waals surface area contributed by atoms with Gasteiger partial charge in [0.1, 0.15) is 5.92 Å². The zero-order valence-electron chi connectivity index (χ0n) is 16.6. The number of hydrogen-bond acceptors (Lipinski definition) is 2. The molecule has 0 unspecified atom stereocenters. The van der Waals surface area contributed by atoms with E-state index in [0.717, 1.165) is 19.3 Å². The van der Waals surface area contributed by atoms with E-state index >= 15 is 0 Å². The quantitative estimate of drug-likeness (QED) is 0.381. The number of primary amides is 2. The summed E-state index contributed by atoms with van der Waals surface area (Å²) in [5, 5.41) is 0. The molecule has 4 heteroatoms. The largest absolute Gasteiger partial charge is 0.369 e. The van der Waals surface area contributed by atoms with Crippen LogP contribution >= 0.6 is 0 Å². The summed E-state index contributed by atoms with van der Waals surface area (Å²) in [5.41, 5.74) is 10.6. The van der Waals surface area contributed by atoms with E-state index in [2.05, 4.69) is 20.8 Å². The van der Waals surface area contributed by atoms with Gasteiger partial charge in [-0.2, -0.15) is 0 Å². The number of hydrogen-bond donors (Lipinski definition) is 2. The zero-order valence-corrected chi connectivity index (χ0v) is 16.6. The molecule has 0 aliphatic rings. The molecule has 0 heterocycles. The lowest BCUT2D eigenvalue weighted by Crippen LogP contribution is -2.44. The van der Waals surface area contributed by atoms with E-state index in [4.69, 9.17) is 11.5 Å². The van der Waals surface area contributed by atoms with E-state index in [1.165, 1.54) is 44.9 Å². The van der Waals surface area contributed by atoms with Gasteiger partial charge in [-0.25, -0.2) is 0 Å². The first-order chi connectivity index (χ1) is 11.0. The fourth-order valence-corrected chi connectivity index (χ4v) is 3.35. The Morgan fingerprint density at radius 2 is 1.00 bits per heavy atom. The molecular weight excluding hydrogens is 300 g/mol. The first-order valence-corrected chi connectivity index (χ1v) is 9.56. The first-order valence-electron chi connectivity index (χ1n) is 9.56. The van der Waals surface area contributed by atoms with Crippen LogP contribution in [0.4, 0.5) is 0 Å². The molecule has 0 rings (SSSR count). The van der Waals surface area contributed by atoms with Crippen molar-refractivity contribution < 1.29 is 9.59 Å². The van der Waals surface area contributed by atoms with Crippen molar-refractivity contribution in [2.24, 2.45) is 28.2 Å². The van der Waals surface area contributed by atoms with Gasteiger partial charge < -0.3 is 11.5 Å². The van der Waals surface area contributed by atoms with Gasteiger partial charge in [0.2, 0.25) is 11.8 Å². The van der Waals surface area contributed by atoms with Crippen molar-refractivity contribution in [3.63, 3.8) is 0 Å². The Balaban J connectivity index is 3.75. The molecule has 0 bridgehead atoms. The van der Waals surface area contributed by atoms with Crippen molar-refractivity contribution in [1.82, 2.24) is 0 Å². The fraction of sp³-hybridized carbons (Fsp3) is 0.900. The second-order valence-electron chi connectivity index (χ2n) is 9.12. The number of rotatable bonds is 13. The average Bonchev–Trinajstić information content (AvgIpc) is 2.38. The van der Waals surface area contributed by atoms with Gasteiger partial charge in [0.05, 0.1) is 0 Å². The molecular formula is C20H40N2O2.